The highest BCUT2D eigenvalue weighted by Gasteiger charge is 2.16. The number of alkyl halides is 1. The van der Waals surface area contributed by atoms with Crippen molar-refractivity contribution in [1.82, 2.24) is 0 Å². The van der Waals surface area contributed by atoms with Crippen LogP contribution in [0, 0.1) is 0 Å². The third-order valence-corrected chi connectivity index (χ3v) is 4.56. The Morgan fingerprint density at radius 3 is 1.59 bits per heavy atom. The number of fused-ring (bicyclic) bond motifs is 3. The summed E-state index contributed by atoms with van der Waals surface area (Å²) in [6.07, 6.45) is 0. The minimum Gasteiger partial charge on any atom is -0.115 e. The number of halogens is 1. The molecule has 1 heteroatoms. The predicted octanol–water partition coefficient (Wildman–Crippen LogP) is 6.62. The summed E-state index contributed by atoms with van der Waals surface area (Å²) >= 11 is 6.46. The van der Waals surface area contributed by atoms with E-state index in [1.54, 1.807) is 0 Å². The van der Waals surface area contributed by atoms with Gasteiger partial charge in [-0.2, -0.15) is 0 Å². The highest BCUT2D eigenvalue weighted by molar-refractivity contribution is 6.23. The molecule has 0 amide bonds. The monoisotopic (exact) mass is 304 g/mol. The molecule has 0 aliphatic carbocycles. The maximum absolute atomic E-state index is 6.46. The van der Waals surface area contributed by atoms with Gasteiger partial charge in [0.15, 0.2) is 0 Å². The summed E-state index contributed by atoms with van der Waals surface area (Å²) in [5.74, 6) is 0. The standard InChI is InChI=1S/C21H17Cl/c1-21(2,22)20-8-7-16-11-17-9-14-5-3-4-6-15(14)10-18(17)12-19(16)13-20/h3-13H,1-2H3. The van der Waals surface area contributed by atoms with Crippen LogP contribution in [0.5, 0.6) is 0 Å². The molecule has 0 saturated carbocycles. The number of hydrogen-bond acceptors (Lipinski definition) is 0. The first-order valence-corrected chi connectivity index (χ1v) is 7.94. The molecule has 0 saturated heterocycles. The molecule has 0 radical (unpaired) electrons. The molecule has 0 nitrogen and oxygen atoms in total. The lowest BCUT2D eigenvalue weighted by molar-refractivity contribution is 0.767. The lowest BCUT2D eigenvalue weighted by Gasteiger charge is -2.17. The van der Waals surface area contributed by atoms with Gasteiger partial charge in [0.1, 0.15) is 0 Å². The second kappa shape index (κ2) is 4.72. The zero-order valence-corrected chi connectivity index (χ0v) is 13.5. The Bertz CT molecular complexity index is 1010. The SMILES string of the molecule is CC(C)(Cl)c1ccc2cc3cc4ccccc4cc3cc2c1. The van der Waals surface area contributed by atoms with Crippen molar-refractivity contribution in [3.63, 3.8) is 0 Å². The Hall–Kier alpha value is -2.05. The normalized spacial score (nSPS) is 12.3. The van der Waals surface area contributed by atoms with Crippen LogP contribution in [0.3, 0.4) is 0 Å². The zero-order chi connectivity index (χ0) is 15.3. The van der Waals surface area contributed by atoms with E-state index in [1.165, 1.54) is 32.3 Å². The van der Waals surface area contributed by atoms with Gasteiger partial charge in [-0.3, -0.25) is 0 Å². The lowest BCUT2D eigenvalue weighted by Crippen LogP contribution is -2.06. The number of rotatable bonds is 1. The van der Waals surface area contributed by atoms with Crippen LogP contribution in [0.1, 0.15) is 19.4 Å². The highest BCUT2D eigenvalue weighted by Crippen LogP contribution is 2.32. The minimum atomic E-state index is -0.341. The second-order valence-electron chi connectivity index (χ2n) is 6.43. The van der Waals surface area contributed by atoms with E-state index in [9.17, 15) is 0 Å². The summed E-state index contributed by atoms with van der Waals surface area (Å²) in [6, 6.07) is 24.1. The molecule has 0 aromatic heterocycles. The van der Waals surface area contributed by atoms with Gasteiger partial charge in [0, 0.05) is 0 Å². The molecular formula is C21H17Cl. The molecule has 0 aliphatic heterocycles. The fourth-order valence-corrected chi connectivity index (χ4v) is 3.18. The van der Waals surface area contributed by atoms with Crippen molar-refractivity contribution in [2.24, 2.45) is 0 Å². The van der Waals surface area contributed by atoms with E-state index in [4.69, 9.17) is 11.6 Å². The van der Waals surface area contributed by atoms with Gasteiger partial charge in [0.2, 0.25) is 0 Å². The van der Waals surface area contributed by atoms with Crippen molar-refractivity contribution in [3.05, 3.63) is 72.3 Å². The van der Waals surface area contributed by atoms with E-state index in [2.05, 4.69) is 66.7 Å². The predicted molar refractivity (Wildman–Crippen MR) is 97.8 cm³/mol. The van der Waals surface area contributed by atoms with Crippen LogP contribution in [0.15, 0.2) is 66.7 Å². The Labute approximate surface area is 135 Å². The molecule has 0 atom stereocenters. The number of benzene rings is 4. The van der Waals surface area contributed by atoms with E-state index in [-0.39, 0.29) is 4.87 Å². The molecule has 108 valence electrons. The Balaban J connectivity index is 2.03. The van der Waals surface area contributed by atoms with Gasteiger partial charge in [0.05, 0.1) is 4.87 Å². The Kier molecular flexibility index (Phi) is 2.92. The van der Waals surface area contributed by atoms with Crippen molar-refractivity contribution >= 4 is 43.9 Å². The van der Waals surface area contributed by atoms with E-state index in [1.807, 2.05) is 13.8 Å². The average molecular weight is 305 g/mol. The summed E-state index contributed by atoms with van der Waals surface area (Å²) in [7, 11) is 0. The molecule has 0 N–H and O–H groups in total. The quantitative estimate of drug-likeness (QED) is 0.274. The fraction of sp³-hybridized carbons (Fsp3) is 0.143. The Morgan fingerprint density at radius 1 is 0.591 bits per heavy atom. The van der Waals surface area contributed by atoms with Crippen molar-refractivity contribution in [3.8, 4) is 0 Å². The first kappa shape index (κ1) is 13.6. The highest BCUT2D eigenvalue weighted by atomic mass is 35.5. The topological polar surface area (TPSA) is 0 Å². The van der Waals surface area contributed by atoms with Crippen LogP contribution in [-0.4, -0.2) is 0 Å². The van der Waals surface area contributed by atoms with Crippen LogP contribution in [0.2, 0.25) is 0 Å². The molecule has 0 unspecified atom stereocenters. The van der Waals surface area contributed by atoms with E-state index in [0.29, 0.717) is 0 Å². The first-order chi connectivity index (χ1) is 10.5. The second-order valence-corrected chi connectivity index (χ2v) is 7.38. The van der Waals surface area contributed by atoms with Gasteiger partial charge in [0.25, 0.3) is 0 Å². The van der Waals surface area contributed by atoms with Gasteiger partial charge >= 0.3 is 0 Å². The van der Waals surface area contributed by atoms with Crippen LogP contribution in [-0.2, 0) is 4.87 Å². The molecule has 4 aromatic rings. The summed E-state index contributed by atoms with van der Waals surface area (Å²) in [5.41, 5.74) is 1.15. The van der Waals surface area contributed by atoms with E-state index in [0.717, 1.165) is 5.56 Å². The average Bonchev–Trinajstić information content (AvgIpc) is 2.49. The lowest BCUT2D eigenvalue weighted by atomic mass is 9.95. The molecule has 0 heterocycles. The largest absolute Gasteiger partial charge is 0.115 e. The van der Waals surface area contributed by atoms with Gasteiger partial charge < -0.3 is 0 Å². The van der Waals surface area contributed by atoms with Gasteiger partial charge in [-0.05, 0) is 82.1 Å². The zero-order valence-electron chi connectivity index (χ0n) is 12.7. The molecule has 0 spiro atoms. The molecular weight excluding hydrogens is 288 g/mol. The first-order valence-electron chi connectivity index (χ1n) is 7.56. The van der Waals surface area contributed by atoms with Crippen LogP contribution >= 0.6 is 11.6 Å². The molecule has 4 aromatic carbocycles. The van der Waals surface area contributed by atoms with Crippen molar-refractivity contribution in [2.75, 3.05) is 0 Å². The van der Waals surface area contributed by atoms with Crippen LogP contribution in [0.4, 0.5) is 0 Å². The maximum atomic E-state index is 6.46. The summed E-state index contributed by atoms with van der Waals surface area (Å²) in [6.45, 7) is 4.06. The molecule has 0 aliphatic rings. The molecule has 4 rings (SSSR count). The maximum Gasteiger partial charge on any atom is 0.0639 e. The van der Waals surface area contributed by atoms with Crippen LogP contribution < -0.4 is 0 Å². The number of hydrogen-bond donors (Lipinski definition) is 0. The third kappa shape index (κ3) is 2.24. The van der Waals surface area contributed by atoms with Crippen molar-refractivity contribution in [2.45, 2.75) is 18.7 Å². The Morgan fingerprint density at radius 2 is 1.05 bits per heavy atom. The molecule has 0 bridgehead atoms. The molecule has 0 fully saturated rings. The third-order valence-electron chi connectivity index (χ3n) is 4.35. The van der Waals surface area contributed by atoms with Crippen molar-refractivity contribution in [1.29, 1.82) is 0 Å². The van der Waals surface area contributed by atoms with E-state index >= 15 is 0 Å². The fourth-order valence-electron chi connectivity index (χ4n) is 3.06. The summed E-state index contributed by atoms with van der Waals surface area (Å²) < 4.78 is 0. The van der Waals surface area contributed by atoms with E-state index < -0.39 is 0 Å². The summed E-state index contributed by atoms with van der Waals surface area (Å²) in [5, 5.41) is 7.62. The minimum absolute atomic E-state index is 0.341. The van der Waals surface area contributed by atoms with Gasteiger partial charge in [-0.1, -0.05) is 36.4 Å². The smallest absolute Gasteiger partial charge is 0.0639 e. The van der Waals surface area contributed by atoms with Gasteiger partial charge in [-0.15, -0.1) is 11.6 Å². The molecule has 22 heavy (non-hydrogen) atoms. The van der Waals surface area contributed by atoms with Crippen LogP contribution in [0.25, 0.3) is 32.3 Å². The summed E-state index contributed by atoms with van der Waals surface area (Å²) in [4.78, 5) is -0.341. The van der Waals surface area contributed by atoms with Crippen molar-refractivity contribution < 1.29 is 0 Å². The van der Waals surface area contributed by atoms with Gasteiger partial charge in [-0.25, -0.2) is 0 Å².